The molecule has 0 aliphatic heterocycles. The summed E-state index contributed by atoms with van der Waals surface area (Å²) in [4.78, 5) is 22.3. The highest BCUT2D eigenvalue weighted by Gasteiger charge is 2.58. The van der Waals surface area contributed by atoms with E-state index < -0.39 is 25.0 Å². The molecule has 0 aromatic carbocycles. The van der Waals surface area contributed by atoms with Gasteiger partial charge in [0.05, 0.1) is 18.5 Å². The quantitative estimate of drug-likeness (QED) is 0.516. The number of hydrogen-bond donors (Lipinski definition) is 3. The van der Waals surface area contributed by atoms with Crippen LogP contribution in [-0.2, 0) is 9.30 Å². The first-order chi connectivity index (χ1) is 12.0. The molecule has 1 aliphatic carbocycles. The number of aliphatic hydroxyl groups excluding tert-OH is 1. The second-order valence-corrected chi connectivity index (χ2v) is 10.1. The predicted octanol–water partition coefficient (Wildman–Crippen LogP) is 1.54. The van der Waals surface area contributed by atoms with Crippen molar-refractivity contribution < 1.29 is 19.3 Å². The molecule has 6 unspecified atom stereocenters. The van der Waals surface area contributed by atoms with E-state index in [9.17, 15) is 14.6 Å². The Morgan fingerprint density at radius 1 is 1.50 bits per heavy atom. The van der Waals surface area contributed by atoms with Crippen LogP contribution in [0.15, 0.2) is 6.33 Å². The molecule has 2 aromatic rings. The molecule has 2 heterocycles. The maximum Gasteiger partial charge on any atom is 0.226 e. The Bertz CT molecular complexity index is 886. The van der Waals surface area contributed by atoms with Crippen molar-refractivity contribution in [3.63, 3.8) is 0 Å². The van der Waals surface area contributed by atoms with Gasteiger partial charge in [0.2, 0.25) is 5.28 Å². The number of ether oxygens (including phenoxy) is 1. The second kappa shape index (κ2) is 6.42. The number of rotatable bonds is 4. The van der Waals surface area contributed by atoms with Crippen LogP contribution >= 0.6 is 19.0 Å². The number of methoxy groups -OCH3 is 1. The third-order valence-corrected chi connectivity index (χ3v) is 6.96. The van der Waals surface area contributed by atoms with Crippen LogP contribution in [0.1, 0.15) is 19.9 Å². The van der Waals surface area contributed by atoms with Crippen molar-refractivity contribution in [3.8, 4) is 0 Å². The molecule has 144 valence electrons. The number of aromatic nitrogens is 4. The third kappa shape index (κ3) is 3.01. The van der Waals surface area contributed by atoms with Crippen molar-refractivity contribution in [1.82, 2.24) is 19.5 Å². The van der Waals surface area contributed by atoms with Gasteiger partial charge >= 0.3 is 0 Å². The number of hydrogen-bond acceptors (Lipinski definition) is 7. The van der Waals surface area contributed by atoms with Gasteiger partial charge in [-0.25, -0.2) is 4.98 Å². The largest absolute Gasteiger partial charge is 0.390 e. The summed E-state index contributed by atoms with van der Waals surface area (Å²) in [5.74, 6) is -0.0506. The summed E-state index contributed by atoms with van der Waals surface area (Å²) in [6, 6.07) is -0.373. The van der Waals surface area contributed by atoms with Crippen molar-refractivity contribution in [1.29, 1.82) is 0 Å². The van der Waals surface area contributed by atoms with Crippen LogP contribution in [-0.4, -0.2) is 61.7 Å². The van der Waals surface area contributed by atoms with Gasteiger partial charge in [-0.1, -0.05) is 13.8 Å². The van der Waals surface area contributed by atoms with E-state index in [1.807, 2.05) is 6.92 Å². The summed E-state index contributed by atoms with van der Waals surface area (Å²) in [6.45, 7) is 5.02. The maximum absolute atomic E-state index is 12.1. The van der Waals surface area contributed by atoms with Gasteiger partial charge in [-0.15, -0.1) is 0 Å². The summed E-state index contributed by atoms with van der Waals surface area (Å²) in [7, 11) is -1.87. The zero-order chi connectivity index (χ0) is 19.4. The summed E-state index contributed by atoms with van der Waals surface area (Å²) in [5, 5.41) is 10.9. The number of imidazole rings is 1. The molecule has 1 saturated carbocycles. The minimum Gasteiger partial charge on any atom is -0.390 e. The van der Waals surface area contributed by atoms with Crippen LogP contribution in [0.25, 0.3) is 11.2 Å². The molecule has 9 nitrogen and oxygen atoms in total. The molecule has 0 radical (unpaired) electrons. The van der Waals surface area contributed by atoms with E-state index in [-0.39, 0.29) is 29.2 Å². The Morgan fingerprint density at radius 3 is 2.73 bits per heavy atom. The number of nitrogens with two attached hydrogens (primary N) is 1. The van der Waals surface area contributed by atoms with Gasteiger partial charge in [0.25, 0.3) is 0 Å². The molecule has 2 aromatic heterocycles. The minimum absolute atomic E-state index is 0.00639. The zero-order valence-corrected chi connectivity index (χ0v) is 16.6. The Kier molecular flexibility index (Phi) is 4.82. The van der Waals surface area contributed by atoms with Crippen molar-refractivity contribution in [2.45, 2.75) is 32.1 Å². The van der Waals surface area contributed by atoms with E-state index in [1.165, 1.54) is 13.8 Å². The molecule has 4 N–H and O–H groups in total. The van der Waals surface area contributed by atoms with Gasteiger partial charge in [-0.05, 0) is 17.5 Å². The first-order valence-electron chi connectivity index (χ1n) is 8.15. The second-order valence-electron chi connectivity index (χ2n) is 7.34. The number of nitrogen functional groups attached to an aromatic ring is 1. The molecular formula is C15H23ClN5O4P. The van der Waals surface area contributed by atoms with E-state index in [1.54, 1.807) is 17.8 Å². The molecule has 0 amide bonds. The average molecular weight is 404 g/mol. The lowest BCUT2D eigenvalue weighted by Crippen LogP contribution is -2.39. The Labute approximate surface area is 156 Å². The molecule has 0 saturated heterocycles. The van der Waals surface area contributed by atoms with E-state index in [0.717, 1.165) is 0 Å². The van der Waals surface area contributed by atoms with Gasteiger partial charge < -0.3 is 25.0 Å². The number of nitrogens with zero attached hydrogens (tertiary/aromatic N) is 4. The topological polar surface area (TPSA) is 136 Å². The van der Waals surface area contributed by atoms with Crippen LogP contribution in [0.3, 0.4) is 0 Å². The molecule has 3 rings (SSSR count). The van der Waals surface area contributed by atoms with Gasteiger partial charge in [0, 0.05) is 25.4 Å². The van der Waals surface area contributed by atoms with E-state index in [0.29, 0.717) is 11.2 Å². The van der Waals surface area contributed by atoms with Crippen LogP contribution in [0.4, 0.5) is 5.82 Å². The van der Waals surface area contributed by atoms with Crippen LogP contribution in [0.2, 0.25) is 5.28 Å². The lowest BCUT2D eigenvalue weighted by atomic mass is 9.80. The van der Waals surface area contributed by atoms with Crippen LogP contribution in [0, 0.1) is 11.3 Å². The molecule has 0 bridgehead atoms. The summed E-state index contributed by atoms with van der Waals surface area (Å²) in [6.07, 6.45) is -0.0281. The van der Waals surface area contributed by atoms with Crippen molar-refractivity contribution in [3.05, 3.63) is 11.6 Å². The zero-order valence-electron chi connectivity index (χ0n) is 15.0. The van der Waals surface area contributed by atoms with Gasteiger partial charge in [-0.2, -0.15) is 9.97 Å². The van der Waals surface area contributed by atoms with Gasteiger partial charge in [0.1, 0.15) is 11.6 Å². The predicted molar refractivity (Wildman–Crippen MR) is 98.5 cm³/mol. The van der Waals surface area contributed by atoms with Crippen molar-refractivity contribution in [2.75, 3.05) is 25.7 Å². The van der Waals surface area contributed by atoms with Crippen molar-refractivity contribution in [2.24, 2.45) is 11.3 Å². The Balaban J connectivity index is 2.14. The number of anilines is 1. The Morgan fingerprint density at radius 2 is 2.15 bits per heavy atom. The summed E-state index contributed by atoms with van der Waals surface area (Å²) >= 11 is 5.94. The Hall–Kier alpha value is -1.25. The fraction of sp³-hybridized carbons (Fsp3) is 0.667. The average Bonchev–Trinajstić information content (AvgIpc) is 2.99. The van der Waals surface area contributed by atoms with Crippen LogP contribution < -0.4 is 5.73 Å². The first kappa shape index (κ1) is 19.5. The smallest absolute Gasteiger partial charge is 0.226 e. The van der Waals surface area contributed by atoms with E-state index in [2.05, 4.69) is 15.0 Å². The fourth-order valence-corrected chi connectivity index (χ4v) is 6.08. The standard InChI is InChI=1S/C15H23ClN5O4P/c1-7-9(10(25-3)11(22)15(7,2)5-26(4,23)24)21-6-18-8-12(17)19-14(16)20-13(8)21/h6-7,9-11,22H,5H2,1-4H3,(H,23,24)(H2,17,19,20). The van der Waals surface area contributed by atoms with Gasteiger partial charge in [-0.3, -0.25) is 4.57 Å². The minimum atomic E-state index is -3.37. The SMILES string of the molecule is COC1C(n2cnc3c(N)nc(Cl)nc32)C(C)C(C)(CP(C)(=O)O)C1O. The molecule has 0 spiro atoms. The molecule has 6 atom stereocenters. The number of halogens is 1. The van der Waals surface area contributed by atoms with E-state index >= 15 is 0 Å². The molecular weight excluding hydrogens is 381 g/mol. The normalized spacial score (nSPS) is 34.3. The lowest BCUT2D eigenvalue weighted by molar-refractivity contribution is -0.0399. The van der Waals surface area contributed by atoms with Gasteiger partial charge in [0.15, 0.2) is 18.8 Å². The summed E-state index contributed by atoms with van der Waals surface area (Å²) < 4.78 is 19.4. The van der Waals surface area contributed by atoms with Crippen LogP contribution in [0.5, 0.6) is 0 Å². The highest BCUT2D eigenvalue weighted by molar-refractivity contribution is 7.57. The summed E-state index contributed by atoms with van der Waals surface area (Å²) in [5.41, 5.74) is 5.88. The maximum atomic E-state index is 12.1. The molecule has 26 heavy (non-hydrogen) atoms. The van der Waals surface area contributed by atoms with E-state index in [4.69, 9.17) is 22.1 Å². The highest BCUT2D eigenvalue weighted by Crippen LogP contribution is 2.56. The third-order valence-electron chi connectivity index (χ3n) is 5.52. The number of fused-ring (bicyclic) bond motifs is 1. The first-order valence-corrected chi connectivity index (χ1v) is 10.8. The monoisotopic (exact) mass is 403 g/mol. The molecule has 1 aliphatic rings. The lowest BCUT2D eigenvalue weighted by Gasteiger charge is -2.34. The number of aliphatic hydroxyl groups is 1. The fourth-order valence-electron chi connectivity index (χ4n) is 4.17. The van der Waals surface area contributed by atoms with Crippen molar-refractivity contribution >= 4 is 36.0 Å². The highest BCUT2D eigenvalue weighted by atomic mass is 35.5. The molecule has 1 fully saturated rings. The molecule has 11 heteroatoms.